The highest BCUT2D eigenvalue weighted by molar-refractivity contribution is 7.09. The summed E-state index contributed by atoms with van der Waals surface area (Å²) in [6, 6.07) is 6.30. The van der Waals surface area contributed by atoms with E-state index in [0.717, 1.165) is 10.7 Å². The van der Waals surface area contributed by atoms with Gasteiger partial charge in [-0.25, -0.2) is 9.37 Å². The van der Waals surface area contributed by atoms with Gasteiger partial charge in [0.15, 0.2) is 5.96 Å². The SMILES string of the molecule is CN=C(NCc1nc(C(C)C)cs1)NCc1cc(C#N)ccc1F. The van der Waals surface area contributed by atoms with Crippen molar-refractivity contribution >= 4 is 17.3 Å². The minimum absolute atomic E-state index is 0.246. The van der Waals surface area contributed by atoms with Crippen LogP contribution in [0.15, 0.2) is 28.6 Å². The minimum Gasteiger partial charge on any atom is -0.352 e. The maximum Gasteiger partial charge on any atom is 0.191 e. The normalized spacial score (nSPS) is 11.4. The van der Waals surface area contributed by atoms with Crippen LogP contribution in [0.1, 0.15) is 41.6 Å². The first kappa shape index (κ1) is 17.9. The van der Waals surface area contributed by atoms with Gasteiger partial charge >= 0.3 is 0 Å². The smallest absolute Gasteiger partial charge is 0.191 e. The quantitative estimate of drug-likeness (QED) is 0.645. The van der Waals surface area contributed by atoms with Crippen LogP contribution in [0.3, 0.4) is 0 Å². The molecule has 5 nitrogen and oxygen atoms in total. The van der Waals surface area contributed by atoms with Gasteiger partial charge in [-0.1, -0.05) is 13.8 Å². The fourth-order valence-corrected chi connectivity index (χ4v) is 2.91. The van der Waals surface area contributed by atoms with Crippen LogP contribution >= 0.6 is 11.3 Å². The van der Waals surface area contributed by atoms with Crippen molar-refractivity contribution < 1.29 is 4.39 Å². The predicted octanol–water partition coefficient (Wildman–Crippen LogP) is 3.14. The number of halogens is 1. The Morgan fingerprint density at radius 2 is 2.12 bits per heavy atom. The highest BCUT2D eigenvalue weighted by Gasteiger charge is 2.08. The number of rotatable bonds is 5. The Morgan fingerprint density at radius 1 is 1.38 bits per heavy atom. The largest absolute Gasteiger partial charge is 0.352 e. The molecule has 0 spiro atoms. The summed E-state index contributed by atoms with van der Waals surface area (Å²) in [7, 11) is 1.65. The van der Waals surface area contributed by atoms with E-state index in [2.05, 4.69) is 39.8 Å². The lowest BCUT2D eigenvalue weighted by Gasteiger charge is -2.11. The van der Waals surface area contributed by atoms with E-state index in [0.29, 0.717) is 29.5 Å². The Kier molecular flexibility index (Phi) is 6.27. The summed E-state index contributed by atoms with van der Waals surface area (Å²) in [5, 5.41) is 18.1. The lowest BCUT2D eigenvalue weighted by atomic mass is 10.1. The van der Waals surface area contributed by atoms with Crippen LogP contribution in [0, 0.1) is 17.1 Å². The molecule has 0 saturated heterocycles. The van der Waals surface area contributed by atoms with E-state index in [-0.39, 0.29) is 12.4 Å². The topological polar surface area (TPSA) is 73.1 Å². The van der Waals surface area contributed by atoms with Crippen molar-refractivity contribution in [3.05, 3.63) is 51.2 Å². The molecule has 7 heteroatoms. The van der Waals surface area contributed by atoms with Crippen LogP contribution in [0.25, 0.3) is 0 Å². The molecule has 24 heavy (non-hydrogen) atoms. The van der Waals surface area contributed by atoms with Crippen LogP contribution in [-0.2, 0) is 13.1 Å². The molecule has 0 radical (unpaired) electrons. The summed E-state index contributed by atoms with van der Waals surface area (Å²) in [6.45, 7) is 5.02. The number of aliphatic imine (C=N–C) groups is 1. The zero-order valence-corrected chi connectivity index (χ0v) is 14.7. The number of nitrogens with zero attached hydrogens (tertiary/aromatic N) is 3. The summed E-state index contributed by atoms with van der Waals surface area (Å²) in [5.74, 6) is 0.610. The Bertz CT molecular complexity index is 761. The number of thiazole rings is 1. The Morgan fingerprint density at radius 3 is 2.75 bits per heavy atom. The molecule has 0 aliphatic heterocycles. The van der Waals surface area contributed by atoms with Gasteiger partial charge in [-0.05, 0) is 24.1 Å². The van der Waals surface area contributed by atoms with Crippen LogP contribution < -0.4 is 10.6 Å². The number of aromatic nitrogens is 1. The summed E-state index contributed by atoms with van der Waals surface area (Å²) in [6.07, 6.45) is 0. The van der Waals surface area contributed by atoms with Gasteiger partial charge in [-0.15, -0.1) is 11.3 Å². The van der Waals surface area contributed by atoms with E-state index in [1.165, 1.54) is 18.2 Å². The van der Waals surface area contributed by atoms with E-state index in [4.69, 9.17) is 5.26 Å². The molecule has 2 rings (SSSR count). The molecule has 0 atom stereocenters. The molecular weight excluding hydrogens is 325 g/mol. The number of hydrogen-bond donors (Lipinski definition) is 2. The van der Waals surface area contributed by atoms with Crippen molar-refractivity contribution in [2.45, 2.75) is 32.9 Å². The second kappa shape index (κ2) is 8.41. The lowest BCUT2D eigenvalue weighted by molar-refractivity contribution is 0.604. The number of nitrogens with one attached hydrogen (secondary N) is 2. The predicted molar refractivity (Wildman–Crippen MR) is 94.4 cm³/mol. The standard InChI is InChI=1S/C17H20FN5S/c1-11(2)15-10-24-16(23-15)9-22-17(20-3)21-8-13-6-12(7-19)4-5-14(13)18/h4-6,10-11H,8-9H2,1-3H3,(H2,20,21,22). The van der Waals surface area contributed by atoms with Crippen molar-refractivity contribution in [2.75, 3.05) is 7.05 Å². The number of nitriles is 1. The summed E-state index contributed by atoms with van der Waals surface area (Å²) in [4.78, 5) is 8.66. The molecule has 2 N–H and O–H groups in total. The molecule has 0 saturated carbocycles. The third-order valence-electron chi connectivity index (χ3n) is 3.41. The van der Waals surface area contributed by atoms with E-state index in [1.807, 2.05) is 6.07 Å². The zero-order valence-electron chi connectivity index (χ0n) is 13.9. The Hall–Kier alpha value is -2.46. The van der Waals surface area contributed by atoms with Crippen molar-refractivity contribution in [2.24, 2.45) is 4.99 Å². The number of guanidine groups is 1. The van der Waals surface area contributed by atoms with Gasteiger partial charge in [0, 0.05) is 24.5 Å². The summed E-state index contributed by atoms with van der Waals surface area (Å²) in [5.41, 5.74) is 1.93. The maximum absolute atomic E-state index is 13.8. The summed E-state index contributed by atoms with van der Waals surface area (Å²) < 4.78 is 13.8. The molecule has 0 aliphatic rings. The first-order valence-corrected chi connectivity index (χ1v) is 8.48. The van der Waals surface area contributed by atoms with Crippen molar-refractivity contribution in [1.29, 1.82) is 5.26 Å². The minimum atomic E-state index is -0.349. The third kappa shape index (κ3) is 4.77. The molecule has 0 amide bonds. The van der Waals surface area contributed by atoms with Crippen LogP contribution in [0.5, 0.6) is 0 Å². The van der Waals surface area contributed by atoms with Crippen LogP contribution in [0.2, 0.25) is 0 Å². The highest BCUT2D eigenvalue weighted by Crippen LogP contribution is 2.17. The molecule has 1 aromatic carbocycles. The van der Waals surface area contributed by atoms with Crippen molar-refractivity contribution in [3.8, 4) is 6.07 Å². The average Bonchev–Trinajstić information content (AvgIpc) is 3.05. The Balaban J connectivity index is 1.92. The molecule has 0 bridgehead atoms. The lowest BCUT2D eigenvalue weighted by Crippen LogP contribution is -2.36. The average molecular weight is 345 g/mol. The highest BCUT2D eigenvalue weighted by atomic mass is 32.1. The fourth-order valence-electron chi connectivity index (χ4n) is 2.01. The van der Waals surface area contributed by atoms with Crippen LogP contribution in [0.4, 0.5) is 4.39 Å². The zero-order chi connectivity index (χ0) is 17.5. The first-order valence-electron chi connectivity index (χ1n) is 7.60. The van der Waals surface area contributed by atoms with Crippen LogP contribution in [-0.4, -0.2) is 18.0 Å². The second-order valence-corrected chi connectivity index (χ2v) is 6.46. The molecule has 1 aromatic heterocycles. The number of benzene rings is 1. The first-order chi connectivity index (χ1) is 11.5. The van der Waals surface area contributed by atoms with E-state index in [9.17, 15) is 4.39 Å². The molecule has 126 valence electrons. The molecule has 0 aliphatic carbocycles. The van der Waals surface area contributed by atoms with Crippen molar-refractivity contribution in [3.63, 3.8) is 0 Å². The maximum atomic E-state index is 13.8. The monoisotopic (exact) mass is 345 g/mol. The fraction of sp³-hybridized carbons (Fsp3) is 0.353. The van der Waals surface area contributed by atoms with Gasteiger partial charge in [-0.3, -0.25) is 4.99 Å². The van der Waals surface area contributed by atoms with Crippen molar-refractivity contribution in [1.82, 2.24) is 15.6 Å². The van der Waals surface area contributed by atoms with Gasteiger partial charge in [0.1, 0.15) is 10.8 Å². The third-order valence-corrected chi connectivity index (χ3v) is 4.28. The molecule has 1 heterocycles. The molecule has 0 fully saturated rings. The van der Waals surface area contributed by atoms with Gasteiger partial charge in [0.2, 0.25) is 0 Å². The second-order valence-electron chi connectivity index (χ2n) is 5.52. The van der Waals surface area contributed by atoms with Gasteiger partial charge in [-0.2, -0.15) is 5.26 Å². The van der Waals surface area contributed by atoms with E-state index in [1.54, 1.807) is 18.4 Å². The molecule has 0 unspecified atom stereocenters. The number of hydrogen-bond acceptors (Lipinski definition) is 4. The Labute approximate surface area is 145 Å². The molecule has 2 aromatic rings. The van der Waals surface area contributed by atoms with E-state index < -0.39 is 0 Å². The van der Waals surface area contributed by atoms with Gasteiger partial charge in [0.05, 0.1) is 23.9 Å². The van der Waals surface area contributed by atoms with E-state index >= 15 is 0 Å². The van der Waals surface area contributed by atoms with Gasteiger partial charge in [0.25, 0.3) is 0 Å². The van der Waals surface area contributed by atoms with Gasteiger partial charge < -0.3 is 10.6 Å². The summed E-state index contributed by atoms with van der Waals surface area (Å²) >= 11 is 1.60. The molecular formula is C17H20FN5S.